The minimum Gasteiger partial charge on any atom is -0.507 e. The van der Waals surface area contributed by atoms with Gasteiger partial charge in [-0.15, -0.1) is 0 Å². The third-order valence-corrected chi connectivity index (χ3v) is 7.27. The molecular formula is C21H22I3NO3. The molecule has 1 aliphatic carbocycles. The van der Waals surface area contributed by atoms with Gasteiger partial charge in [-0.25, -0.2) is 0 Å². The Bertz CT molecular complexity index is 833. The monoisotopic (exact) mass is 717 g/mol. The van der Waals surface area contributed by atoms with Gasteiger partial charge in [0.1, 0.15) is 11.5 Å². The molecule has 0 saturated heterocycles. The maximum absolute atomic E-state index is 12.4. The Hall–Kier alpha value is -0.300. The van der Waals surface area contributed by atoms with Gasteiger partial charge >= 0.3 is 0 Å². The quantitative estimate of drug-likeness (QED) is 0.358. The van der Waals surface area contributed by atoms with E-state index in [0.29, 0.717) is 18.2 Å². The molecule has 0 atom stereocenters. The topological polar surface area (TPSA) is 58.6 Å². The highest BCUT2D eigenvalue weighted by Crippen LogP contribution is 2.36. The molecule has 0 radical (unpaired) electrons. The van der Waals surface area contributed by atoms with Gasteiger partial charge in [-0.3, -0.25) is 4.79 Å². The molecule has 2 aromatic carbocycles. The van der Waals surface area contributed by atoms with Crippen molar-refractivity contribution in [3.05, 3.63) is 46.1 Å². The molecule has 2 N–H and O–H groups in total. The summed E-state index contributed by atoms with van der Waals surface area (Å²) in [4.78, 5) is 12.4. The largest absolute Gasteiger partial charge is 0.507 e. The van der Waals surface area contributed by atoms with Gasteiger partial charge in [0.15, 0.2) is 5.75 Å². The summed E-state index contributed by atoms with van der Waals surface area (Å²) in [7, 11) is 0. The molecule has 3 rings (SSSR count). The van der Waals surface area contributed by atoms with E-state index in [0.717, 1.165) is 40.4 Å². The van der Waals surface area contributed by atoms with Crippen LogP contribution in [0.4, 0.5) is 0 Å². The minimum atomic E-state index is 0.0934. The number of aryl methyl sites for hydroxylation is 1. The normalized spacial score (nSPS) is 14.7. The number of hydrogen-bond acceptors (Lipinski definition) is 3. The molecule has 4 nitrogen and oxygen atoms in total. The molecule has 1 fully saturated rings. The fourth-order valence-corrected chi connectivity index (χ4v) is 6.25. The Morgan fingerprint density at radius 1 is 1.07 bits per heavy atom. The standard InChI is InChI=1S/C21H22I3NO3/c1-12-7-15(11-16(22)20(12)27)28-21-17(23)8-13(9-18(21)24)10-19(26)25-14-5-3-2-4-6-14/h7-9,11,14,27H,2-6,10H2,1H3,(H,25,26). The lowest BCUT2D eigenvalue weighted by Crippen LogP contribution is -2.37. The molecular weight excluding hydrogens is 695 g/mol. The van der Waals surface area contributed by atoms with Crippen molar-refractivity contribution in [2.45, 2.75) is 51.5 Å². The van der Waals surface area contributed by atoms with Crippen molar-refractivity contribution in [2.75, 3.05) is 0 Å². The highest BCUT2D eigenvalue weighted by molar-refractivity contribution is 14.1. The van der Waals surface area contributed by atoms with Gasteiger partial charge < -0.3 is 15.2 Å². The van der Waals surface area contributed by atoms with E-state index in [1.54, 1.807) is 0 Å². The lowest BCUT2D eigenvalue weighted by molar-refractivity contribution is -0.121. The lowest BCUT2D eigenvalue weighted by Gasteiger charge is -2.22. The van der Waals surface area contributed by atoms with E-state index >= 15 is 0 Å². The van der Waals surface area contributed by atoms with E-state index in [4.69, 9.17) is 4.74 Å². The van der Waals surface area contributed by atoms with Gasteiger partial charge in [0.25, 0.3) is 0 Å². The van der Waals surface area contributed by atoms with Crippen molar-refractivity contribution in [1.29, 1.82) is 0 Å². The van der Waals surface area contributed by atoms with E-state index in [-0.39, 0.29) is 11.7 Å². The van der Waals surface area contributed by atoms with Gasteiger partial charge in [0, 0.05) is 6.04 Å². The number of halogens is 3. The fourth-order valence-electron chi connectivity index (χ4n) is 3.40. The van der Waals surface area contributed by atoms with Crippen LogP contribution in [-0.4, -0.2) is 17.1 Å². The summed E-state index contributed by atoms with van der Waals surface area (Å²) >= 11 is 6.60. The summed E-state index contributed by atoms with van der Waals surface area (Å²) in [6.07, 6.45) is 6.28. The summed E-state index contributed by atoms with van der Waals surface area (Å²) in [5.74, 6) is 1.85. The molecule has 7 heteroatoms. The number of nitrogens with one attached hydrogen (secondary N) is 1. The van der Waals surface area contributed by atoms with Crippen LogP contribution in [0.2, 0.25) is 0 Å². The predicted molar refractivity (Wildman–Crippen MR) is 136 cm³/mol. The molecule has 1 amide bonds. The average Bonchev–Trinajstić information content (AvgIpc) is 2.63. The zero-order chi connectivity index (χ0) is 20.3. The Morgan fingerprint density at radius 3 is 2.32 bits per heavy atom. The van der Waals surface area contributed by atoms with E-state index in [1.165, 1.54) is 19.3 Å². The first kappa shape index (κ1) is 22.4. The third kappa shape index (κ3) is 5.87. The zero-order valence-electron chi connectivity index (χ0n) is 15.5. The maximum atomic E-state index is 12.4. The van der Waals surface area contributed by atoms with Crippen LogP contribution in [0.15, 0.2) is 24.3 Å². The lowest BCUT2D eigenvalue weighted by atomic mass is 9.95. The smallest absolute Gasteiger partial charge is 0.224 e. The van der Waals surface area contributed by atoms with E-state index in [9.17, 15) is 9.90 Å². The Morgan fingerprint density at radius 2 is 1.71 bits per heavy atom. The summed E-state index contributed by atoms with van der Waals surface area (Å²) in [6.45, 7) is 1.86. The van der Waals surface area contributed by atoms with E-state index < -0.39 is 0 Å². The first-order chi connectivity index (χ1) is 13.3. The van der Waals surface area contributed by atoms with Crippen molar-refractivity contribution in [3.8, 4) is 17.2 Å². The molecule has 0 aromatic heterocycles. The van der Waals surface area contributed by atoms with Crippen LogP contribution in [-0.2, 0) is 11.2 Å². The number of benzene rings is 2. The summed E-state index contributed by atoms with van der Waals surface area (Å²) in [5.41, 5.74) is 1.77. The van der Waals surface area contributed by atoms with Crippen LogP contribution in [0.25, 0.3) is 0 Å². The molecule has 0 unspecified atom stereocenters. The van der Waals surface area contributed by atoms with Crippen LogP contribution in [0.1, 0.15) is 43.2 Å². The van der Waals surface area contributed by atoms with Crippen molar-refractivity contribution < 1.29 is 14.6 Å². The average molecular weight is 717 g/mol. The number of carbonyl (C=O) groups excluding carboxylic acids is 1. The molecule has 0 bridgehead atoms. The molecule has 28 heavy (non-hydrogen) atoms. The second-order valence-corrected chi connectivity index (χ2v) is 10.6. The van der Waals surface area contributed by atoms with E-state index in [1.807, 2.05) is 31.2 Å². The number of amides is 1. The molecule has 0 heterocycles. The van der Waals surface area contributed by atoms with Crippen LogP contribution >= 0.6 is 67.8 Å². The van der Waals surface area contributed by atoms with Crippen molar-refractivity contribution >= 4 is 73.7 Å². The van der Waals surface area contributed by atoms with Crippen LogP contribution < -0.4 is 10.1 Å². The van der Waals surface area contributed by atoms with Gasteiger partial charge in [0.2, 0.25) is 5.91 Å². The summed E-state index contributed by atoms with van der Waals surface area (Å²) in [6, 6.07) is 8.01. The Kier molecular flexibility index (Phi) is 8.11. The number of phenols is 1. The molecule has 1 saturated carbocycles. The van der Waals surface area contributed by atoms with Gasteiger partial charge in [-0.2, -0.15) is 0 Å². The highest BCUT2D eigenvalue weighted by Gasteiger charge is 2.17. The second-order valence-electron chi connectivity index (χ2n) is 7.14. The minimum absolute atomic E-state index is 0.0934. The summed E-state index contributed by atoms with van der Waals surface area (Å²) < 4.78 is 8.79. The van der Waals surface area contributed by atoms with Gasteiger partial charge in [-0.1, -0.05) is 19.3 Å². The van der Waals surface area contributed by atoms with Crippen LogP contribution in [0.5, 0.6) is 17.2 Å². The maximum Gasteiger partial charge on any atom is 0.224 e. The molecule has 0 aliphatic heterocycles. The van der Waals surface area contributed by atoms with Gasteiger partial charge in [-0.05, 0) is 123 Å². The second kappa shape index (κ2) is 10.1. The van der Waals surface area contributed by atoms with Crippen LogP contribution in [0.3, 0.4) is 0 Å². The molecule has 0 spiro atoms. The van der Waals surface area contributed by atoms with Gasteiger partial charge in [0.05, 0.1) is 17.1 Å². The number of aromatic hydroxyl groups is 1. The van der Waals surface area contributed by atoms with E-state index in [2.05, 4.69) is 73.1 Å². The molecule has 2 aromatic rings. The molecule has 150 valence electrons. The number of phenolic OH excluding ortho intramolecular Hbond substituents is 1. The number of ether oxygens (including phenoxy) is 1. The number of rotatable bonds is 5. The summed E-state index contributed by atoms with van der Waals surface area (Å²) in [5, 5.41) is 13.1. The zero-order valence-corrected chi connectivity index (χ0v) is 22.0. The molecule has 1 aliphatic rings. The third-order valence-electron chi connectivity index (χ3n) is 4.84. The van der Waals surface area contributed by atoms with Crippen molar-refractivity contribution in [3.63, 3.8) is 0 Å². The number of hydrogen-bond donors (Lipinski definition) is 2. The predicted octanol–water partition coefficient (Wildman–Crippen LogP) is 6.30. The first-order valence-corrected chi connectivity index (χ1v) is 12.5. The van der Waals surface area contributed by atoms with Crippen molar-refractivity contribution in [1.82, 2.24) is 5.32 Å². The Labute approximate surface area is 206 Å². The first-order valence-electron chi connectivity index (χ1n) is 9.27. The highest BCUT2D eigenvalue weighted by atomic mass is 127. The van der Waals surface area contributed by atoms with Crippen molar-refractivity contribution in [2.24, 2.45) is 0 Å². The fraction of sp³-hybridized carbons (Fsp3) is 0.381. The van der Waals surface area contributed by atoms with Crippen LogP contribution in [0, 0.1) is 17.6 Å². The Balaban J connectivity index is 1.71. The SMILES string of the molecule is Cc1cc(Oc2c(I)cc(CC(=O)NC3CCCCC3)cc2I)cc(I)c1O. The number of carbonyl (C=O) groups is 1.